The van der Waals surface area contributed by atoms with E-state index in [1.54, 1.807) is 7.11 Å². The Bertz CT molecular complexity index is 281. The van der Waals surface area contributed by atoms with Crippen molar-refractivity contribution >= 4 is 5.69 Å². The molecule has 0 heterocycles. The van der Waals surface area contributed by atoms with Gasteiger partial charge >= 0.3 is 0 Å². The van der Waals surface area contributed by atoms with Gasteiger partial charge in [-0.1, -0.05) is 6.07 Å². The molecule has 72 valence electrons. The van der Waals surface area contributed by atoms with Crippen LogP contribution < -0.4 is 9.22 Å². The quantitative estimate of drug-likeness (QED) is 0.648. The highest BCUT2D eigenvalue weighted by Crippen LogP contribution is 2.23. The van der Waals surface area contributed by atoms with Crippen molar-refractivity contribution in [3.8, 4) is 5.75 Å². The second-order valence-electron chi connectivity index (χ2n) is 3.70. The summed E-state index contributed by atoms with van der Waals surface area (Å²) < 4.78 is 6.07. The Morgan fingerprint density at radius 2 is 2.00 bits per heavy atom. The molecule has 0 fully saturated rings. The molecule has 13 heavy (non-hydrogen) atoms. The van der Waals surface area contributed by atoms with Gasteiger partial charge in [-0.05, 0) is 19.1 Å². The molecule has 0 radical (unpaired) electrons. The Balaban J connectivity index is 3.01. The third-order valence-electron chi connectivity index (χ3n) is 2.54. The van der Waals surface area contributed by atoms with Crippen molar-refractivity contribution < 1.29 is 4.74 Å². The minimum absolute atomic E-state index is 0.886. The summed E-state index contributed by atoms with van der Waals surface area (Å²) >= 11 is 0. The average molecular weight is 180 g/mol. The predicted octanol–water partition coefficient (Wildman–Crippen LogP) is 2.28. The predicted molar refractivity (Wildman–Crippen MR) is 57.2 cm³/mol. The second-order valence-corrected chi connectivity index (χ2v) is 3.70. The van der Waals surface area contributed by atoms with E-state index < -0.39 is 0 Å². The highest BCUT2D eigenvalue weighted by Gasteiger charge is 2.16. The Labute approximate surface area is 80.3 Å². The van der Waals surface area contributed by atoms with Crippen molar-refractivity contribution in [2.45, 2.75) is 6.92 Å². The van der Waals surface area contributed by atoms with Crippen molar-refractivity contribution in [2.75, 3.05) is 27.7 Å². The van der Waals surface area contributed by atoms with E-state index in [0.717, 1.165) is 16.8 Å². The molecule has 0 saturated heterocycles. The number of methoxy groups -OCH3 is 1. The van der Waals surface area contributed by atoms with Crippen molar-refractivity contribution in [2.24, 2.45) is 0 Å². The highest BCUT2D eigenvalue weighted by atomic mass is 16.5. The lowest BCUT2D eigenvalue weighted by Crippen LogP contribution is -2.39. The average Bonchev–Trinajstić information content (AvgIpc) is 2.18. The Morgan fingerprint density at radius 3 is 2.54 bits per heavy atom. The Kier molecular flexibility index (Phi) is 2.94. The summed E-state index contributed by atoms with van der Waals surface area (Å²) in [6, 6.07) is 8.22. The maximum Gasteiger partial charge on any atom is 0.136 e. The van der Waals surface area contributed by atoms with Crippen LogP contribution in [0.5, 0.6) is 5.75 Å². The van der Waals surface area contributed by atoms with Crippen molar-refractivity contribution in [1.82, 2.24) is 4.48 Å². The van der Waals surface area contributed by atoms with Crippen molar-refractivity contribution in [3.63, 3.8) is 0 Å². The highest BCUT2D eigenvalue weighted by molar-refractivity contribution is 5.46. The molecule has 0 spiro atoms. The van der Waals surface area contributed by atoms with E-state index in [4.69, 9.17) is 4.74 Å². The van der Waals surface area contributed by atoms with Gasteiger partial charge in [0.25, 0.3) is 0 Å². The molecule has 0 aliphatic heterocycles. The molecule has 0 amide bonds. The van der Waals surface area contributed by atoms with E-state index in [1.165, 1.54) is 5.69 Å². The maximum absolute atomic E-state index is 5.18. The van der Waals surface area contributed by atoms with E-state index in [2.05, 4.69) is 33.2 Å². The van der Waals surface area contributed by atoms with Crippen LogP contribution in [0.1, 0.15) is 6.92 Å². The fourth-order valence-electron chi connectivity index (χ4n) is 1.17. The zero-order valence-corrected chi connectivity index (χ0v) is 8.87. The molecule has 1 rings (SSSR count). The zero-order chi connectivity index (χ0) is 9.90. The SMILES string of the molecule is CC[N+](C)(C)c1cccc(OC)c1. The summed E-state index contributed by atoms with van der Waals surface area (Å²) in [7, 11) is 6.08. The van der Waals surface area contributed by atoms with E-state index in [9.17, 15) is 0 Å². The molecule has 2 heteroatoms. The van der Waals surface area contributed by atoms with Crippen LogP contribution in [0.3, 0.4) is 0 Å². The molecule has 0 aliphatic carbocycles. The lowest BCUT2D eigenvalue weighted by molar-refractivity contribution is 0.401. The van der Waals surface area contributed by atoms with Gasteiger partial charge in [0.2, 0.25) is 0 Å². The van der Waals surface area contributed by atoms with Crippen LogP contribution in [0.4, 0.5) is 5.69 Å². The fourth-order valence-corrected chi connectivity index (χ4v) is 1.17. The number of benzene rings is 1. The van der Waals surface area contributed by atoms with Crippen molar-refractivity contribution in [3.05, 3.63) is 24.3 Å². The number of nitrogens with zero attached hydrogens (tertiary/aromatic N) is 1. The van der Waals surface area contributed by atoms with Gasteiger partial charge < -0.3 is 4.74 Å². The standard InChI is InChI=1S/C11H18NO/c1-5-12(2,3)10-7-6-8-11(9-10)13-4/h6-9H,5H2,1-4H3/q+1. The van der Waals surface area contributed by atoms with E-state index in [1.807, 2.05) is 12.1 Å². The van der Waals surface area contributed by atoms with Gasteiger partial charge in [-0.15, -0.1) is 0 Å². The normalized spacial score (nSPS) is 11.4. The van der Waals surface area contributed by atoms with Crippen molar-refractivity contribution in [1.29, 1.82) is 0 Å². The van der Waals surface area contributed by atoms with Crippen LogP contribution in [-0.2, 0) is 0 Å². The number of ether oxygens (including phenoxy) is 1. The smallest absolute Gasteiger partial charge is 0.136 e. The minimum atomic E-state index is 0.886. The topological polar surface area (TPSA) is 9.23 Å². The third-order valence-corrected chi connectivity index (χ3v) is 2.54. The Morgan fingerprint density at radius 1 is 1.31 bits per heavy atom. The first kappa shape index (κ1) is 10.1. The molecule has 2 nitrogen and oxygen atoms in total. The summed E-state index contributed by atoms with van der Waals surface area (Å²) in [6.07, 6.45) is 0. The molecular weight excluding hydrogens is 162 g/mol. The van der Waals surface area contributed by atoms with E-state index in [0.29, 0.717) is 0 Å². The maximum atomic E-state index is 5.18. The number of hydrogen-bond acceptors (Lipinski definition) is 1. The monoisotopic (exact) mass is 180 g/mol. The van der Waals surface area contributed by atoms with E-state index >= 15 is 0 Å². The fraction of sp³-hybridized carbons (Fsp3) is 0.455. The molecule has 0 atom stereocenters. The molecule has 0 bridgehead atoms. The van der Waals surface area contributed by atoms with Gasteiger partial charge in [0.05, 0.1) is 27.7 Å². The van der Waals surface area contributed by atoms with Crippen LogP contribution in [0.25, 0.3) is 0 Å². The third kappa shape index (κ3) is 2.22. The summed E-state index contributed by atoms with van der Waals surface area (Å²) in [4.78, 5) is 0. The number of hydrogen-bond donors (Lipinski definition) is 0. The first-order valence-corrected chi connectivity index (χ1v) is 4.58. The second kappa shape index (κ2) is 3.79. The summed E-state index contributed by atoms with van der Waals surface area (Å²) in [6.45, 7) is 3.26. The van der Waals surface area contributed by atoms with E-state index in [-0.39, 0.29) is 0 Å². The lowest BCUT2D eigenvalue weighted by Gasteiger charge is -2.27. The molecule has 0 unspecified atom stereocenters. The van der Waals surface area contributed by atoms with Gasteiger partial charge in [0.1, 0.15) is 11.4 Å². The van der Waals surface area contributed by atoms with Crippen LogP contribution in [0.2, 0.25) is 0 Å². The molecular formula is C11H18NO+. The summed E-state index contributed by atoms with van der Waals surface area (Å²) in [5.74, 6) is 0.928. The first-order valence-electron chi connectivity index (χ1n) is 4.58. The zero-order valence-electron chi connectivity index (χ0n) is 8.87. The van der Waals surface area contributed by atoms with Crippen LogP contribution in [0.15, 0.2) is 24.3 Å². The molecule has 0 saturated carbocycles. The van der Waals surface area contributed by atoms with Crippen LogP contribution in [0, 0.1) is 0 Å². The van der Waals surface area contributed by atoms with Gasteiger partial charge in [0.15, 0.2) is 0 Å². The molecule has 0 aromatic heterocycles. The van der Waals surface area contributed by atoms with Gasteiger partial charge in [-0.3, -0.25) is 4.48 Å². The summed E-state index contributed by atoms with van der Waals surface area (Å²) in [5.41, 5.74) is 1.28. The number of quaternary nitrogens is 1. The van der Waals surface area contributed by atoms with Crippen LogP contribution in [-0.4, -0.2) is 27.7 Å². The molecule has 1 aromatic rings. The molecule has 0 aliphatic rings. The lowest BCUT2D eigenvalue weighted by atomic mass is 10.2. The first-order chi connectivity index (χ1) is 6.10. The van der Waals surface area contributed by atoms with Gasteiger partial charge in [-0.25, -0.2) is 0 Å². The minimum Gasteiger partial charge on any atom is -0.497 e. The summed E-state index contributed by atoms with van der Waals surface area (Å²) in [5, 5.41) is 0. The molecule has 0 N–H and O–H groups in total. The van der Waals surface area contributed by atoms with Gasteiger partial charge in [0, 0.05) is 6.07 Å². The largest absolute Gasteiger partial charge is 0.497 e. The van der Waals surface area contributed by atoms with Crippen LogP contribution >= 0.6 is 0 Å². The Hall–Kier alpha value is -1.02. The number of rotatable bonds is 3. The van der Waals surface area contributed by atoms with Gasteiger partial charge in [-0.2, -0.15) is 0 Å². The molecule has 1 aromatic carbocycles.